The van der Waals surface area contributed by atoms with E-state index in [1.54, 1.807) is 24.3 Å². The number of nitrogens with zero attached hydrogens (tertiary/aromatic N) is 2. The Bertz CT molecular complexity index is 1480. The summed E-state index contributed by atoms with van der Waals surface area (Å²) in [4.78, 5) is 41.6. The third kappa shape index (κ3) is 7.66. The highest BCUT2D eigenvalue weighted by Gasteiger charge is 2.42. The van der Waals surface area contributed by atoms with Gasteiger partial charge in [-0.2, -0.15) is 0 Å². The molecule has 0 spiro atoms. The Labute approximate surface area is 263 Å². The van der Waals surface area contributed by atoms with Crippen molar-refractivity contribution < 1.29 is 33.7 Å². The first-order valence-corrected chi connectivity index (χ1v) is 15.0. The summed E-state index contributed by atoms with van der Waals surface area (Å²) in [5.74, 6) is -0.923. The molecule has 0 aliphatic carbocycles. The molecule has 236 valence electrons. The van der Waals surface area contributed by atoms with Gasteiger partial charge in [0, 0.05) is 24.6 Å². The lowest BCUT2D eigenvalue weighted by Crippen LogP contribution is -2.43. The van der Waals surface area contributed by atoms with Crippen LogP contribution in [0.2, 0.25) is 0 Å². The maximum atomic E-state index is 13.2. The molecule has 5 rings (SSSR count). The molecule has 2 N–H and O–H groups in total. The number of likely N-dealkylation sites (N-methyl/N-ethyl adjacent to an activating group) is 1. The SMILES string of the molecule is C=CCN(C)C[C@@H]1O[C@H](c2ccc(N3C(=O)CC(NC(=O)OCc4ccccc4)C3=O)cc2)O[C@H](c2ccc(CO)cc2)[C@@H]1C. The van der Waals surface area contributed by atoms with Crippen molar-refractivity contribution in [2.24, 2.45) is 5.92 Å². The fraction of sp³-hybridized carbons (Fsp3) is 0.343. The number of rotatable bonds is 11. The Kier molecular flexibility index (Phi) is 10.4. The summed E-state index contributed by atoms with van der Waals surface area (Å²) < 4.78 is 18.2. The summed E-state index contributed by atoms with van der Waals surface area (Å²) in [5.41, 5.74) is 3.73. The maximum Gasteiger partial charge on any atom is 0.408 e. The van der Waals surface area contributed by atoms with Gasteiger partial charge >= 0.3 is 6.09 Å². The number of amides is 3. The van der Waals surface area contributed by atoms with Crippen LogP contribution in [0.5, 0.6) is 0 Å². The lowest BCUT2D eigenvalue weighted by molar-refractivity contribution is -0.275. The molecular formula is C35H39N3O7. The number of benzene rings is 3. The van der Waals surface area contributed by atoms with E-state index in [2.05, 4.69) is 23.7 Å². The Balaban J connectivity index is 1.28. The van der Waals surface area contributed by atoms with Gasteiger partial charge in [-0.1, -0.05) is 79.7 Å². The lowest BCUT2D eigenvalue weighted by Gasteiger charge is -2.42. The predicted molar refractivity (Wildman–Crippen MR) is 168 cm³/mol. The second-order valence-corrected chi connectivity index (χ2v) is 11.5. The molecule has 2 heterocycles. The van der Waals surface area contributed by atoms with Crippen molar-refractivity contribution >= 4 is 23.6 Å². The van der Waals surface area contributed by atoms with Crippen molar-refractivity contribution in [2.75, 3.05) is 25.0 Å². The fourth-order valence-corrected chi connectivity index (χ4v) is 5.63. The molecule has 2 aliphatic heterocycles. The monoisotopic (exact) mass is 613 g/mol. The minimum absolute atomic E-state index is 0.0245. The van der Waals surface area contributed by atoms with Gasteiger partial charge in [0.2, 0.25) is 5.91 Å². The Morgan fingerprint density at radius 3 is 2.38 bits per heavy atom. The van der Waals surface area contributed by atoms with E-state index in [4.69, 9.17) is 14.2 Å². The van der Waals surface area contributed by atoms with E-state index in [0.29, 0.717) is 18.8 Å². The number of carbonyl (C=O) groups is 3. The standard InChI is InChI=1S/C35H39N3O7/c1-4-18-37(3)20-30-23(2)32(26-12-10-24(21-39)11-13-26)45-34(44-30)27-14-16-28(17-15-27)38-31(40)19-29(33(38)41)36-35(42)43-22-25-8-6-5-7-9-25/h4-17,23,29-30,32,34,39H,1,18-22H2,2-3H3,(H,36,42)/t23-,29?,30+,32+,34+/m1/s1. The van der Waals surface area contributed by atoms with Gasteiger partial charge < -0.3 is 29.5 Å². The average Bonchev–Trinajstić information content (AvgIpc) is 3.33. The second kappa shape index (κ2) is 14.6. The summed E-state index contributed by atoms with van der Waals surface area (Å²) in [6, 6.07) is 22.8. The summed E-state index contributed by atoms with van der Waals surface area (Å²) in [7, 11) is 2.01. The van der Waals surface area contributed by atoms with Gasteiger partial charge in [0.25, 0.3) is 5.91 Å². The highest BCUT2D eigenvalue weighted by molar-refractivity contribution is 6.22. The molecule has 3 amide bonds. The fourth-order valence-electron chi connectivity index (χ4n) is 5.63. The Morgan fingerprint density at radius 1 is 1.02 bits per heavy atom. The van der Waals surface area contributed by atoms with Gasteiger partial charge in [-0.25, -0.2) is 9.69 Å². The van der Waals surface area contributed by atoms with Crippen molar-refractivity contribution in [1.82, 2.24) is 10.2 Å². The van der Waals surface area contributed by atoms with E-state index in [1.165, 1.54) is 0 Å². The van der Waals surface area contributed by atoms with Gasteiger partial charge in [-0.05, 0) is 35.9 Å². The molecule has 2 fully saturated rings. The van der Waals surface area contributed by atoms with Crippen LogP contribution >= 0.6 is 0 Å². The number of imide groups is 1. The lowest BCUT2D eigenvalue weighted by atomic mass is 9.90. The van der Waals surface area contributed by atoms with Crippen LogP contribution in [0.4, 0.5) is 10.5 Å². The molecule has 45 heavy (non-hydrogen) atoms. The summed E-state index contributed by atoms with van der Waals surface area (Å²) in [6.45, 7) is 7.33. The van der Waals surface area contributed by atoms with E-state index in [-0.39, 0.29) is 37.8 Å². The summed E-state index contributed by atoms with van der Waals surface area (Å²) in [5, 5.41) is 12.0. The van der Waals surface area contributed by atoms with Gasteiger partial charge in [0.1, 0.15) is 12.6 Å². The van der Waals surface area contributed by atoms with Crippen molar-refractivity contribution in [3.8, 4) is 0 Å². The van der Waals surface area contributed by atoms with E-state index in [1.807, 2.05) is 67.7 Å². The normalized spacial score (nSPS) is 23.3. The van der Waals surface area contributed by atoms with Crippen LogP contribution in [0.25, 0.3) is 0 Å². The second-order valence-electron chi connectivity index (χ2n) is 11.5. The first-order valence-electron chi connectivity index (χ1n) is 15.0. The number of carbonyl (C=O) groups excluding carboxylic acids is 3. The van der Waals surface area contributed by atoms with Gasteiger partial charge in [-0.15, -0.1) is 6.58 Å². The van der Waals surface area contributed by atoms with Crippen LogP contribution in [0.15, 0.2) is 91.5 Å². The molecule has 3 aromatic carbocycles. The quantitative estimate of drug-likeness (QED) is 0.237. The first kappa shape index (κ1) is 32.1. The van der Waals surface area contributed by atoms with Crippen LogP contribution < -0.4 is 10.2 Å². The smallest absolute Gasteiger partial charge is 0.408 e. The first-order chi connectivity index (χ1) is 21.8. The zero-order valence-electron chi connectivity index (χ0n) is 25.5. The van der Waals surface area contributed by atoms with E-state index in [9.17, 15) is 19.5 Å². The van der Waals surface area contributed by atoms with Gasteiger partial charge in [-0.3, -0.25) is 9.59 Å². The highest BCUT2D eigenvalue weighted by Crippen LogP contribution is 2.42. The third-order valence-electron chi connectivity index (χ3n) is 8.13. The molecule has 3 aromatic rings. The van der Waals surface area contributed by atoms with E-state index in [0.717, 1.165) is 27.2 Å². The molecule has 10 nitrogen and oxygen atoms in total. The van der Waals surface area contributed by atoms with Crippen LogP contribution in [0.1, 0.15) is 48.0 Å². The molecular weight excluding hydrogens is 574 g/mol. The van der Waals surface area contributed by atoms with E-state index < -0.39 is 30.2 Å². The highest BCUT2D eigenvalue weighted by atomic mass is 16.7. The number of alkyl carbamates (subject to hydrolysis) is 1. The molecule has 2 aliphatic rings. The molecule has 0 bridgehead atoms. The number of aliphatic hydroxyl groups excluding tert-OH is 1. The van der Waals surface area contributed by atoms with Crippen molar-refractivity contribution in [1.29, 1.82) is 0 Å². The Hall–Kier alpha value is -4.35. The zero-order valence-corrected chi connectivity index (χ0v) is 25.5. The number of aliphatic hydroxyl groups is 1. The van der Waals surface area contributed by atoms with Crippen LogP contribution in [-0.2, 0) is 37.0 Å². The third-order valence-corrected chi connectivity index (χ3v) is 8.13. The molecule has 1 unspecified atom stereocenters. The number of ether oxygens (including phenoxy) is 3. The number of nitrogens with one attached hydrogen (secondary N) is 1. The van der Waals surface area contributed by atoms with Gasteiger partial charge in [0.05, 0.1) is 30.9 Å². The minimum atomic E-state index is -1.02. The van der Waals surface area contributed by atoms with Crippen LogP contribution in [-0.4, -0.2) is 60.2 Å². The number of hydrogen-bond donors (Lipinski definition) is 2. The van der Waals surface area contributed by atoms with Crippen molar-refractivity contribution in [2.45, 2.75) is 51.1 Å². The van der Waals surface area contributed by atoms with Crippen molar-refractivity contribution in [3.05, 3.63) is 114 Å². The predicted octanol–water partition coefficient (Wildman–Crippen LogP) is 4.65. The average molecular weight is 614 g/mol. The molecule has 0 saturated carbocycles. The molecule has 0 aromatic heterocycles. The Morgan fingerprint density at radius 2 is 1.71 bits per heavy atom. The minimum Gasteiger partial charge on any atom is -0.445 e. The molecule has 10 heteroatoms. The van der Waals surface area contributed by atoms with Crippen molar-refractivity contribution in [3.63, 3.8) is 0 Å². The van der Waals surface area contributed by atoms with Gasteiger partial charge in [0.15, 0.2) is 6.29 Å². The summed E-state index contributed by atoms with van der Waals surface area (Å²) in [6.07, 6.45) is -0.208. The van der Waals surface area contributed by atoms with Crippen LogP contribution in [0.3, 0.4) is 0 Å². The topological polar surface area (TPSA) is 118 Å². The van der Waals surface area contributed by atoms with E-state index >= 15 is 0 Å². The maximum absolute atomic E-state index is 13.2. The molecule has 0 radical (unpaired) electrons. The molecule has 2 saturated heterocycles. The number of anilines is 1. The largest absolute Gasteiger partial charge is 0.445 e. The summed E-state index contributed by atoms with van der Waals surface area (Å²) >= 11 is 0. The molecule has 5 atom stereocenters. The van der Waals surface area contributed by atoms with Crippen LogP contribution in [0, 0.1) is 5.92 Å². The number of hydrogen-bond acceptors (Lipinski definition) is 8. The zero-order chi connectivity index (χ0) is 31.9.